The molecule has 0 saturated carbocycles. The van der Waals surface area contributed by atoms with E-state index < -0.39 is 0 Å². The molecule has 1 aliphatic heterocycles. The highest BCUT2D eigenvalue weighted by atomic mass is 16.2. The van der Waals surface area contributed by atoms with Gasteiger partial charge in [-0.2, -0.15) is 0 Å². The molecule has 0 bridgehead atoms. The zero-order valence-electron chi connectivity index (χ0n) is 12.5. The van der Waals surface area contributed by atoms with Gasteiger partial charge >= 0.3 is 0 Å². The molecule has 1 N–H and O–H groups in total. The topological polar surface area (TPSA) is 32.3 Å². The summed E-state index contributed by atoms with van der Waals surface area (Å²) >= 11 is 0. The van der Waals surface area contributed by atoms with Gasteiger partial charge in [-0.3, -0.25) is 10.1 Å². The van der Waals surface area contributed by atoms with Crippen LogP contribution in [0.4, 0.5) is 0 Å². The molecule has 3 heteroatoms. The highest BCUT2D eigenvalue weighted by Crippen LogP contribution is 2.20. The number of amides is 1. The third kappa shape index (κ3) is 3.98. The first kappa shape index (κ1) is 15.5. The largest absolute Gasteiger partial charge is 0.323 e. The molecule has 3 nitrogen and oxygen atoms in total. The second-order valence-electron chi connectivity index (χ2n) is 5.63. The molecule has 0 aromatic heterocycles. The summed E-state index contributed by atoms with van der Waals surface area (Å²) in [6, 6.07) is 0.437. The fraction of sp³-hybridized carbons (Fsp3) is 0.933. The highest BCUT2D eigenvalue weighted by molar-refractivity contribution is 5.84. The van der Waals surface area contributed by atoms with Crippen LogP contribution in [0.5, 0.6) is 0 Å². The van der Waals surface area contributed by atoms with Crippen molar-refractivity contribution in [3.05, 3.63) is 0 Å². The van der Waals surface area contributed by atoms with Gasteiger partial charge < -0.3 is 4.90 Å². The van der Waals surface area contributed by atoms with E-state index in [1.165, 1.54) is 19.3 Å². The predicted molar refractivity (Wildman–Crippen MR) is 76.4 cm³/mol. The van der Waals surface area contributed by atoms with Crippen LogP contribution < -0.4 is 5.32 Å². The quantitative estimate of drug-likeness (QED) is 0.674. The number of hydrogen-bond acceptors (Lipinski definition) is 2. The van der Waals surface area contributed by atoms with Gasteiger partial charge in [0, 0.05) is 6.04 Å². The summed E-state index contributed by atoms with van der Waals surface area (Å²) in [5.41, 5.74) is 0. The van der Waals surface area contributed by atoms with Crippen molar-refractivity contribution in [3.8, 4) is 0 Å². The lowest BCUT2D eigenvalue weighted by molar-refractivity contribution is -0.132. The summed E-state index contributed by atoms with van der Waals surface area (Å²) in [6.45, 7) is 8.69. The summed E-state index contributed by atoms with van der Waals surface area (Å²) in [5.74, 6) is 0.319. The monoisotopic (exact) mass is 254 g/mol. The number of carbonyl (C=O) groups excluding carboxylic acids is 1. The minimum absolute atomic E-state index is 0.0635. The van der Waals surface area contributed by atoms with E-state index in [1.807, 2.05) is 0 Å². The van der Waals surface area contributed by atoms with E-state index in [2.05, 4.69) is 37.9 Å². The molecule has 0 aliphatic carbocycles. The second kappa shape index (κ2) is 7.78. The van der Waals surface area contributed by atoms with Gasteiger partial charge in [0.25, 0.3) is 0 Å². The van der Waals surface area contributed by atoms with Gasteiger partial charge in [0.15, 0.2) is 0 Å². The van der Waals surface area contributed by atoms with Crippen molar-refractivity contribution in [2.24, 2.45) is 0 Å². The normalized spacial score (nSPS) is 25.8. The second-order valence-corrected chi connectivity index (χ2v) is 5.63. The van der Waals surface area contributed by atoms with E-state index in [4.69, 9.17) is 0 Å². The molecule has 3 unspecified atom stereocenters. The molecule has 18 heavy (non-hydrogen) atoms. The Hall–Kier alpha value is -0.570. The number of rotatable bonds is 8. The molecule has 0 radical (unpaired) electrons. The van der Waals surface area contributed by atoms with E-state index in [9.17, 15) is 4.79 Å². The molecule has 1 heterocycles. The SMILES string of the molecule is CCCCCC(C)N1C(=O)C(CCCC)NC1C. The molecular weight excluding hydrogens is 224 g/mol. The van der Waals surface area contributed by atoms with Crippen molar-refractivity contribution in [1.82, 2.24) is 10.2 Å². The van der Waals surface area contributed by atoms with E-state index in [0.717, 1.165) is 25.7 Å². The van der Waals surface area contributed by atoms with Crippen molar-refractivity contribution < 1.29 is 4.79 Å². The Labute approximate surface area is 112 Å². The number of nitrogens with zero attached hydrogens (tertiary/aromatic N) is 1. The lowest BCUT2D eigenvalue weighted by Crippen LogP contribution is -2.41. The van der Waals surface area contributed by atoms with Crippen molar-refractivity contribution in [3.63, 3.8) is 0 Å². The van der Waals surface area contributed by atoms with Gasteiger partial charge in [0.05, 0.1) is 12.2 Å². The molecule has 106 valence electrons. The molecule has 1 amide bonds. The number of nitrogens with one attached hydrogen (secondary N) is 1. The molecule has 1 fully saturated rings. The first-order valence-corrected chi connectivity index (χ1v) is 7.70. The predicted octanol–water partition coefficient (Wildman–Crippen LogP) is 3.29. The first-order valence-electron chi connectivity index (χ1n) is 7.70. The van der Waals surface area contributed by atoms with Gasteiger partial charge in [-0.1, -0.05) is 46.0 Å². The van der Waals surface area contributed by atoms with E-state index in [0.29, 0.717) is 11.9 Å². The zero-order valence-corrected chi connectivity index (χ0v) is 12.5. The van der Waals surface area contributed by atoms with Crippen LogP contribution in [0.3, 0.4) is 0 Å². The van der Waals surface area contributed by atoms with Crippen molar-refractivity contribution in [2.45, 2.75) is 90.9 Å². The number of unbranched alkanes of at least 4 members (excludes halogenated alkanes) is 3. The minimum Gasteiger partial charge on any atom is -0.323 e. The van der Waals surface area contributed by atoms with Crippen LogP contribution in [0.1, 0.15) is 72.6 Å². The number of hydrogen-bond donors (Lipinski definition) is 1. The maximum atomic E-state index is 12.4. The Balaban J connectivity index is 2.46. The standard InChI is InChI=1S/C15H30N2O/c1-5-7-9-10-12(3)17-13(4)16-14(15(17)18)11-8-6-2/h12-14,16H,5-11H2,1-4H3. The molecule has 1 aliphatic rings. The van der Waals surface area contributed by atoms with Crippen molar-refractivity contribution in [2.75, 3.05) is 0 Å². The Bertz CT molecular complexity index is 255. The maximum Gasteiger partial charge on any atom is 0.241 e. The van der Waals surface area contributed by atoms with Crippen LogP contribution >= 0.6 is 0 Å². The van der Waals surface area contributed by atoms with Crippen LogP contribution in [-0.4, -0.2) is 29.1 Å². The molecule has 0 aromatic carbocycles. The maximum absolute atomic E-state index is 12.4. The summed E-state index contributed by atoms with van der Waals surface area (Å²) in [4.78, 5) is 14.4. The molecular formula is C15H30N2O. The smallest absolute Gasteiger partial charge is 0.241 e. The molecule has 1 saturated heterocycles. The summed E-state index contributed by atoms with van der Waals surface area (Å²) in [6.07, 6.45) is 8.36. The van der Waals surface area contributed by atoms with E-state index >= 15 is 0 Å². The van der Waals surface area contributed by atoms with Gasteiger partial charge in [-0.05, 0) is 26.7 Å². The Morgan fingerprint density at radius 2 is 1.89 bits per heavy atom. The van der Waals surface area contributed by atoms with E-state index in [-0.39, 0.29) is 12.2 Å². The highest BCUT2D eigenvalue weighted by Gasteiger charge is 2.37. The summed E-state index contributed by atoms with van der Waals surface area (Å²) in [7, 11) is 0. The Kier molecular flexibility index (Phi) is 6.69. The third-order valence-corrected chi connectivity index (χ3v) is 3.96. The minimum atomic E-state index is 0.0635. The Morgan fingerprint density at radius 3 is 2.50 bits per heavy atom. The van der Waals surface area contributed by atoms with Crippen LogP contribution in [0, 0.1) is 0 Å². The van der Waals surface area contributed by atoms with Gasteiger partial charge in [-0.15, -0.1) is 0 Å². The van der Waals surface area contributed by atoms with Crippen molar-refractivity contribution in [1.29, 1.82) is 0 Å². The van der Waals surface area contributed by atoms with Crippen LogP contribution in [0.25, 0.3) is 0 Å². The molecule has 0 aromatic rings. The van der Waals surface area contributed by atoms with E-state index in [1.54, 1.807) is 0 Å². The molecule has 1 rings (SSSR count). The van der Waals surface area contributed by atoms with Gasteiger partial charge in [-0.25, -0.2) is 0 Å². The zero-order chi connectivity index (χ0) is 13.5. The summed E-state index contributed by atoms with van der Waals surface area (Å²) < 4.78 is 0. The lowest BCUT2D eigenvalue weighted by atomic mass is 10.1. The van der Waals surface area contributed by atoms with Gasteiger partial charge in [0.2, 0.25) is 5.91 Å². The Morgan fingerprint density at radius 1 is 1.22 bits per heavy atom. The average molecular weight is 254 g/mol. The lowest BCUT2D eigenvalue weighted by Gasteiger charge is -2.28. The third-order valence-electron chi connectivity index (χ3n) is 3.96. The fourth-order valence-corrected chi connectivity index (χ4v) is 2.86. The fourth-order valence-electron chi connectivity index (χ4n) is 2.86. The van der Waals surface area contributed by atoms with Gasteiger partial charge in [0.1, 0.15) is 0 Å². The van der Waals surface area contributed by atoms with Crippen LogP contribution in [0.15, 0.2) is 0 Å². The number of carbonyl (C=O) groups is 1. The van der Waals surface area contributed by atoms with Crippen molar-refractivity contribution >= 4 is 5.91 Å². The summed E-state index contributed by atoms with van der Waals surface area (Å²) in [5, 5.41) is 3.44. The molecule has 0 spiro atoms. The first-order chi connectivity index (χ1) is 8.61. The van der Waals surface area contributed by atoms with Crippen LogP contribution in [0.2, 0.25) is 0 Å². The van der Waals surface area contributed by atoms with Crippen LogP contribution in [-0.2, 0) is 4.79 Å². The molecule has 3 atom stereocenters. The average Bonchev–Trinajstić information content (AvgIpc) is 2.62.